The van der Waals surface area contributed by atoms with Crippen LogP contribution in [0.25, 0.3) is 0 Å². The molecule has 0 saturated carbocycles. The lowest BCUT2D eigenvalue weighted by atomic mass is 10.2. The SMILES string of the molecule is FC(F)(F)c1ccccc1[S+]1CCCC1. The number of hydrogen-bond acceptors (Lipinski definition) is 0. The quantitative estimate of drug-likeness (QED) is 0.651. The predicted octanol–water partition coefficient (Wildman–Crippen LogP) is 3.48. The highest BCUT2D eigenvalue weighted by Crippen LogP contribution is 2.36. The molecular weight excluding hydrogens is 221 g/mol. The third-order valence-electron chi connectivity index (χ3n) is 2.53. The molecule has 0 bridgehead atoms. The lowest BCUT2D eigenvalue weighted by Gasteiger charge is -2.10. The van der Waals surface area contributed by atoms with Crippen molar-refractivity contribution in [2.24, 2.45) is 0 Å². The van der Waals surface area contributed by atoms with E-state index in [4.69, 9.17) is 0 Å². The standard InChI is InChI=1S/C11H12F3S/c12-11(13,14)9-5-1-2-6-10(9)15-7-3-4-8-15/h1-2,5-6H,3-4,7-8H2/q+1. The van der Waals surface area contributed by atoms with E-state index in [0.29, 0.717) is 4.90 Å². The molecule has 1 aromatic rings. The van der Waals surface area contributed by atoms with Gasteiger partial charge in [0.1, 0.15) is 17.1 Å². The first-order valence-electron chi connectivity index (χ1n) is 4.93. The smallest absolute Gasteiger partial charge is 0.166 e. The Morgan fingerprint density at radius 2 is 1.60 bits per heavy atom. The van der Waals surface area contributed by atoms with Crippen molar-refractivity contribution in [2.45, 2.75) is 23.9 Å². The summed E-state index contributed by atoms with van der Waals surface area (Å²) >= 11 is 0. The van der Waals surface area contributed by atoms with E-state index in [1.54, 1.807) is 12.1 Å². The summed E-state index contributed by atoms with van der Waals surface area (Å²) < 4.78 is 38.1. The maximum Gasteiger partial charge on any atom is 0.421 e. The minimum Gasteiger partial charge on any atom is -0.166 e. The molecule has 0 aromatic heterocycles. The van der Waals surface area contributed by atoms with Crippen molar-refractivity contribution < 1.29 is 13.2 Å². The van der Waals surface area contributed by atoms with Crippen molar-refractivity contribution in [1.82, 2.24) is 0 Å². The average Bonchev–Trinajstić information content (AvgIpc) is 2.69. The number of halogens is 3. The number of hydrogen-bond donors (Lipinski definition) is 0. The Morgan fingerprint density at radius 1 is 1.00 bits per heavy atom. The Labute approximate surface area is 89.8 Å². The maximum atomic E-state index is 12.7. The zero-order valence-electron chi connectivity index (χ0n) is 8.18. The molecule has 1 aliphatic heterocycles. The highest BCUT2D eigenvalue weighted by molar-refractivity contribution is 7.97. The summed E-state index contributed by atoms with van der Waals surface area (Å²) in [5, 5.41) is 0. The van der Waals surface area contributed by atoms with Crippen molar-refractivity contribution in [3.8, 4) is 0 Å². The van der Waals surface area contributed by atoms with E-state index in [-0.39, 0.29) is 10.9 Å². The molecule has 2 rings (SSSR count). The lowest BCUT2D eigenvalue weighted by molar-refractivity contribution is -0.139. The van der Waals surface area contributed by atoms with Gasteiger partial charge in [0, 0.05) is 10.9 Å². The number of alkyl halides is 3. The fourth-order valence-corrected chi connectivity index (χ4v) is 4.34. The van der Waals surface area contributed by atoms with E-state index in [0.717, 1.165) is 24.3 Å². The molecule has 1 saturated heterocycles. The molecule has 0 atom stereocenters. The Bertz CT molecular complexity index is 340. The van der Waals surface area contributed by atoms with Gasteiger partial charge in [0.15, 0.2) is 4.90 Å². The molecule has 0 N–H and O–H groups in total. The highest BCUT2D eigenvalue weighted by atomic mass is 32.2. The van der Waals surface area contributed by atoms with Gasteiger partial charge in [-0.1, -0.05) is 12.1 Å². The fraction of sp³-hybridized carbons (Fsp3) is 0.455. The molecule has 0 unspecified atom stereocenters. The first-order chi connectivity index (χ1) is 7.09. The van der Waals surface area contributed by atoms with Crippen LogP contribution in [0.1, 0.15) is 18.4 Å². The first kappa shape index (κ1) is 10.9. The zero-order valence-corrected chi connectivity index (χ0v) is 9.00. The topological polar surface area (TPSA) is 0 Å². The minimum absolute atomic E-state index is 0.169. The Balaban J connectivity index is 2.37. The van der Waals surface area contributed by atoms with Crippen LogP contribution >= 0.6 is 0 Å². The van der Waals surface area contributed by atoms with Crippen LogP contribution < -0.4 is 0 Å². The molecule has 0 spiro atoms. The van der Waals surface area contributed by atoms with Crippen LogP contribution in [0.5, 0.6) is 0 Å². The molecule has 15 heavy (non-hydrogen) atoms. The Hall–Kier alpha value is -0.640. The van der Waals surface area contributed by atoms with Gasteiger partial charge >= 0.3 is 6.18 Å². The first-order valence-corrected chi connectivity index (χ1v) is 6.49. The van der Waals surface area contributed by atoms with Crippen LogP contribution in [0.4, 0.5) is 13.2 Å². The van der Waals surface area contributed by atoms with Gasteiger partial charge in [0.05, 0.1) is 0 Å². The molecule has 0 nitrogen and oxygen atoms in total. The Kier molecular flexibility index (Phi) is 2.96. The second kappa shape index (κ2) is 4.08. The van der Waals surface area contributed by atoms with Crippen molar-refractivity contribution in [1.29, 1.82) is 0 Å². The van der Waals surface area contributed by atoms with E-state index in [2.05, 4.69) is 0 Å². The molecule has 1 aromatic carbocycles. The van der Waals surface area contributed by atoms with E-state index in [1.807, 2.05) is 0 Å². The molecule has 0 radical (unpaired) electrons. The zero-order chi connectivity index (χ0) is 10.9. The summed E-state index contributed by atoms with van der Waals surface area (Å²) in [6, 6.07) is 6.00. The largest absolute Gasteiger partial charge is 0.421 e. The summed E-state index contributed by atoms with van der Waals surface area (Å²) in [6.45, 7) is 0. The van der Waals surface area contributed by atoms with Crippen LogP contribution in [0.2, 0.25) is 0 Å². The van der Waals surface area contributed by atoms with Crippen molar-refractivity contribution in [2.75, 3.05) is 11.5 Å². The summed E-state index contributed by atoms with van der Waals surface area (Å²) in [6.07, 6.45) is -2.07. The van der Waals surface area contributed by atoms with Crippen LogP contribution in [-0.4, -0.2) is 11.5 Å². The molecule has 4 heteroatoms. The number of rotatable bonds is 1. The Morgan fingerprint density at radius 3 is 2.20 bits per heavy atom. The normalized spacial score (nSPS) is 18.3. The van der Waals surface area contributed by atoms with Gasteiger partial charge in [0.25, 0.3) is 0 Å². The van der Waals surface area contributed by atoms with Crippen LogP contribution in [-0.2, 0) is 17.1 Å². The van der Waals surface area contributed by atoms with Crippen LogP contribution in [0, 0.1) is 0 Å². The van der Waals surface area contributed by atoms with Gasteiger partial charge in [-0.3, -0.25) is 0 Å². The van der Waals surface area contributed by atoms with Gasteiger partial charge in [0.2, 0.25) is 0 Å². The monoisotopic (exact) mass is 233 g/mol. The van der Waals surface area contributed by atoms with E-state index in [1.165, 1.54) is 12.1 Å². The van der Waals surface area contributed by atoms with Gasteiger partial charge in [-0.2, -0.15) is 13.2 Å². The summed E-state index contributed by atoms with van der Waals surface area (Å²) in [5.74, 6) is 1.85. The van der Waals surface area contributed by atoms with Gasteiger partial charge < -0.3 is 0 Å². The lowest BCUT2D eigenvalue weighted by Crippen LogP contribution is -2.14. The van der Waals surface area contributed by atoms with Crippen molar-refractivity contribution >= 4 is 10.9 Å². The third-order valence-corrected chi connectivity index (χ3v) is 5.08. The summed E-state index contributed by atoms with van der Waals surface area (Å²) in [5.41, 5.74) is -0.435. The van der Waals surface area contributed by atoms with Crippen molar-refractivity contribution in [3.05, 3.63) is 29.8 Å². The van der Waals surface area contributed by atoms with Crippen molar-refractivity contribution in [3.63, 3.8) is 0 Å². The number of benzene rings is 1. The summed E-state index contributed by atoms with van der Waals surface area (Å²) in [4.78, 5) is 0.516. The van der Waals surface area contributed by atoms with Crippen LogP contribution in [0.3, 0.4) is 0 Å². The van der Waals surface area contributed by atoms with Gasteiger partial charge in [-0.25, -0.2) is 0 Å². The van der Waals surface area contributed by atoms with Gasteiger partial charge in [-0.05, 0) is 25.0 Å². The predicted molar refractivity (Wildman–Crippen MR) is 56.0 cm³/mol. The van der Waals surface area contributed by atoms with Crippen LogP contribution in [0.15, 0.2) is 29.2 Å². The molecule has 1 heterocycles. The molecular formula is C11H12F3S+. The second-order valence-electron chi connectivity index (χ2n) is 3.60. The molecule has 0 amide bonds. The molecule has 0 aliphatic carbocycles. The maximum absolute atomic E-state index is 12.7. The van der Waals surface area contributed by atoms with E-state index < -0.39 is 11.7 Å². The summed E-state index contributed by atoms with van der Waals surface area (Å²) in [7, 11) is -0.169. The molecule has 82 valence electrons. The highest BCUT2D eigenvalue weighted by Gasteiger charge is 2.40. The van der Waals surface area contributed by atoms with E-state index in [9.17, 15) is 13.2 Å². The molecule has 1 aliphatic rings. The average molecular weight is 233 g/mol. The second-order valence-corrected chi connectivity index (χ2v) is 5.84. The fourth-order valence-electron chi connectivity index (χ4n) is 1.83. The minimum atomic E-state index is -4.20. The third kappa shape index (κ3) is 2.30. The molecule has 1 fully saturated rings. The van der Waals surface area contributed by atoms with Gasteiger partial charge in [-0.15, -0.1) is 0 Å². The van der Waals surface area contributed by atoms with E-state index >= 15 is 0 Å².